The molecule has 2 rings (SSSR count). The van der Waals surface area contributed by atoms with Gasteiger partial charge in [0.25, 0.3) is 11.4 Å². The summed E-state index contributed by atoms with van der Waals surface area (Å²) >= 11 is 0. The lowest BCUT2D eigenvalue weighted by atomic mass is 9.94. The van der Waals surface area contributed by atoms with Gasteiger partial charge in [0, 0.05) is 25.8 Å². The van der Waals surface area contributed by atoms with E-state index in [1.165, 1.54) is 12.1 Å². The number of aliphatic hydroxyl groups excluding tert-OH is 1. The van der Waals surface area contributed by atoms with Crippen LogP contribution in [-0.4, -0.2) is 34.6 Å². The molecule has 1 fully saturated rings. The molecule has 1 aliphatic rings. The fourth-order valence-corrected chi connectivity index (χ4v) is 2.74. The minimum absolute atomic E-state index is 0.0981. The fourth-order valence-electron chi connectivity index (χ4n) is 2.74. The molecule has 21 heavy (non-hydrogen) atoms. The highest BCUT2D eigenvalue weighted by Crippen LogP contribution is 2.34. The van der Waals surface area contributed by atoms with Crippen LogP contribution in [0.4, 0.5) is 17.1 Å². The van der Waals surface area contributed by atoms with Crippen molar-refractivity contribution in [2.75, 3.05) is 24.6 Å². The maximum atomic E-state index is 11.2. The Labute approximate surface area is 121 Å². The molecular formula is C13H17N3O5. The maximum Gasteiger partial charge on any atom is 0.299 e. The number of aliphatic hydroxyl groups is 1. The molecule has 1 unspecified atom stereocenters. The van der Waals surface area contributed by atoms with Crippen molar-refractivity contribution in [2.24, 2.45) is 5.92 Å². The van der Waals surface area contributed by atoms with Gasteiger partial charge in [-0.1, -0.05) is 0 Å². The second-order valence-electron chi connectivity index (χ2n) is 5.15. The van der Waals surface area contributed by atoms with Gasteiger partial charge < -0.3 is 10.0 Å². The van der Waals surface area contributed by atoms with Gasteiger partial charge in [0.05, 0.1) is 15.9 Å². The lowest BCUT2D eigenvalue weighted by Crippen LogP contribution is -2.36. The molecule has 1 atom stereocenters. The summed E-state index contributed by atoms with van der Waals surface area (Å²) in [5.41, 5.74) is -0.114. The van der Waals surface area contributed by atoms with Crippen molar-refractivity contribution < 1.29 is 15.0 Å². The minimum atomic E-state index is -0.637. The fraction of sp³-hybridized carbons (Fsp3) is 0.538. The topological polar surface area (TPSA) is 110 Å². The van der Waals surface area contributed by atoms with Gasteiger partial charge in [-0.05, 0) is 31.2 Å². The average Bonchev–Trinajstić information content (AvgIpc) is 2.47. The summed E-state index contributed by atoms with van der Waals surface area (Å²) in [5, 5.41) is 30.9. The summed E-state index contributed by atoms with van der Waals surface area (Å²) in [5.74, 6) is 0.290. The Balaban J connectivity index is 2.29. The lowest BCUT2D eigenvalue weighted by molar-refractivity contribution is -0.393. The van der Waals surface area contributed by atoms with E-state index in [1.807, 2.05) is 4.90 Å². The number of nitro groups is 2. The SMILES string of the molecule is O=[N+]([O-])c1ccc(N2CCCC(CCO)C2)c([N+](=O)[O-])c1. The molecule has 0 saturated carbocycles. The van der Waals surface area contributed by atoms with E-state index in [9.17, 15) is 20.2 Å². The zero-order chi connectivity index (χ0) is 15.4. The first kappa shape index (κ1) is 15.2. The van der Waals surface area contributed by atoms with E-state index in [4.69, 9.17) is 5.11 Å². The third-order valence-electron chi connectivity index (χ3n) is 3.76. The minimum Gasteiger partial charge on any atom is -0.396 e. The Morgan fingerprint density at radius 1 is 1.29 bits per heavy atom. The zero-order valence-corrected chi connectivity index (χ0v) is 11.5. The van der Waals surface area contributed by atoms with Gasteiger partial charge in [-0.2, -0.15) is 0 Å². The second-order valence-corrected chi connectivity index (χ2v) is 5.15. The molecule has 1 aromatic rings. The number of non-ortho nitro benzene ring substituents is 1. The molecule has 1 aromatic carbocycles. The van der Waals surface area contributed by atoms with Gasteiger partial charge in [-0.3, -0.25) is 20.2 Å². The zero-order valence-electron chi connectivity index (χ0n) is 11.5. The van der Waals surface area contributed by atoms with Crippen LogP contribution in [0.15, 0.2) is 18.2 Å². The van der Waals surface area contributed by atoms with Crippen LogP contribution in [0.1, 0.15) is 19.3 Å². The number of nitro benzene ring substituents is 2. The number of hydrogen-bond acceptors (Lipinski definition) is 6. The van der Waals surface area contributed by atoms with Crippen molar-refractivity contribution in [2.45, 2.75) is 19.3 Å². The van der Waals surface area contributed by atoms with Crippen molar-refractivity contribution in [3.63, 3.8) is 0 Å². The summed E-state index contributed by atoms with van der Waals surface area (Å²) in [6, 6.07) is 3.74. The first-order valence-corrected chi connectivity index (χ1v) is 6.81. The smallest absolute Gasteiger partial charge is 0.299 e. The maximum absolute atomic E-state index is 11.2. The Morgan fingerprint density at radius 2 is 2.05 bits per heavy atom. The molecule has 8 heteroatoms. The highest BCUT2D eigenvalue weighted by atomic mass is 16.6. The molecule has 0 bridgehead atoms. The Bertz CT molecular complexity index is 547. The van der Waals surface area contributed by atoms with Crippen LogP contribution in [0.5, 0.6) is 0 Å². The number of benzene rings is 1. The monoisotopic (exact) mass is 295 g/mol. The van der Waals surface area contributed by atoms with Gasteiger partial charge >= 0.3 is 0 Å². The van der Waals surface area contributed by atoms with Crippen LogP contribution in [0, 0.1) is 26.1 Å². The van der Waals surface area contributed by atoms with E-state index >= 15 is 0 Å². The highest BCUT2D eigenvalue weighted by Gasteiger charge is 2.27. The Morgan fingerprint density at radius 3 is 2.67 bits per heavy atom. The predicted molar refractivity (Wildman–Crippen MR) is 76.4 cm³/mol. The number of anilines is 1. The number of hydrogen-bond donors (Lipinski definition) is 1. The molecule has 114 valence electrons. The van der Waals surface area contributed by atoms with Crippen LogP contribution in [-0.2, 0) is 0 Å². The van der Waals surface area contributed by atoms with Crippen LogP contribution >= 0.6 is 0 Å². The van der Waals surface area contributed by atoms with Crippen molar-refractivity contribution in [3.8, 4) is 0 Å². The third-order valence-corrected chi connectivity index (χ3v) is 3.76. The molecule has 0 spiro atoms. The molecule has 0 amide bonds. The predicted octanol–water partition coefficient (Wildman–Crippen LogP) is 2.10. The molecule has 0 aliphatic carbocycles. The molecular weight excluding hydrogens is 278 g/mol. The van der Waals surface area contributed by atoms with E-state index in [-0.39, 0.29) is 18.0 Å². The van der Waals surface area contributed by atoms with Gasteiger partial charge in [0.1, 0.15) is 5.69 Å². The summed E-state index contributed by atoms with van der Waals surface area (Å²) in [4.78, 5) is 22.6. The van der Waals surface area contributed by atoms with E-state index in [0.717, 1.165) is 18.9 Å². The highest BCUT2D eigenvalue weighted by molar-refractivity contribution is 5.67. The number of nitrogens with zero attached hydrogens (tertiary/aromatic N) is 3. The standard InChI is InChI=1S/C13H17N3O5/c17-7-5-10-2-1-6-14(9-10)12-4-3-11(15(18)19)8-13(12)16(20)21/h3-4,8,10,17H,1-2,5-7,9H2. The van der Waals surface area contributed by atoms with E-state index < -0.39 is 9.85 Å². The largest absolute Gasteiger partial charge is 0.396 e. The molecule has 0 radical (unpaired) electrons. The number of rotatable bonds is 5. The van der Waals surface area contributed by atoms with Gasteiger partial charge in [-0.25, -0.2) is 0 Å². The van der Waals surface area contributed by atoms with Crippen molar-refractivity contribution in [1.29, 1.82) is 0 Å². The molecule has 1 aliphatic heterocycles. The molecule has 1 saturated heterocycles. The third kappa shape index (κ3) is 3.46. The summed E-state index contributed by atoms with van der Waals surface area (Å²) in [7, 11) is 0. The molecule has 0 aromatic heterocycles. The molecule has 1 heterocycles. The van der Waals surface area contributed by atoms with Crippen LogP contribution in [0.2, 0.25) is 0 Å². The Kier molecular flexibility index (Phi) is 4.69. The summed E-state index contributed by atoms with van der Waals surface area (Å²) < 4.78 is 0. The quantitative estimate of drug-likeness (QED) is 0.658. The van der Waals surface area contributed by atoms with Crippen LogP contribution < -0.4 is 4.90 Å². The number of piperidine rings is 1. The lowest BCUT2D eigenvalue weighted by Gasteiger charge is -2.33. The average molecular weight is 295 g/mol. The van der Waals surface area contributed by atoms with Gasteiger partial charge in [-0.15, -0.1) is 0 Å². The normalized spacial score (nSPS) is 18.5. The molecule has 8 nitrogen and oxygen atoms in total. The van der Waals surface area contributed by atoms with Crippen molar-refractivity contribution in [3.05, 3.63) is 38.4 Å². The van der Waals surface area contributed by atoms with Crippen molar-refractivity contribution in [1.82, 2.24) is 0 Å². The Hall–Kier alpha value is -2.22. The van der Waals surface area contributed by atoms with Gasteiger partial charge in [0.15, 0.2) is 0 Å². The van der Waals surface area contributed by atoms with Crippen molar-refractivity contribution >= 4 is 17.1 Å². The summed E-state index contributed by atoms with van der Waals surface area (Å²) in [6.07, 6.45) is 2.54. The second kappa shape index (κ2) is 6.49. The van der Waals surface area contributed by atoms with E-state index in [0.29, 0.717) is 31.1 Å². The first-order valence-electron chi connectivity index (χ1n) is 6.81. The van der Waals surface area contributed by atoms with Gasteiger partial charge in [0.2, 0.25) is 0 Å². The first-order chi connectivity index (χ1) is 10.0. The summed E-state index contributed by atoms with van der Waals surface area (Å²) in [6.45, 7) is 1.40. The van der Waals surface area contributed by atoms with Crippen LogP contribution in [0.3, 0.4) is 0 Å². The van der Waals surface area contributed by atoms with E-state index in [1.54, 1.807) is 0 Å². The molecule has 1 N–H and O–H groups in total. The van der Waals surface area contributed by atoms with E-state index in [2.05, 4.69) is 0 Å². The van der Waals surface area contributed by atoms with Crippen LogP contribution in [0.25, 0.3) is 0 Å².